The lowest BCUT2D eigenvalue weighted by Crippen LogP contribution is -3.15. The van der Waals surface area contributed by atoms with Crippen molar-refractivity contribution in [2.75, 3.05) is 30.4 Å². The number of rotatable bonds is 7. The zero-order valence-corrected chi connectivity index (χ0v) is 17.5. The summed E-state index contributed by atoms with van der Waals surface area (Å²) in [5.41, 5.74) is 1.27. The second-order valence-electron chi connectivity index (χ2n) is 7.38. The fourth-order valence-electron chi connectivity index (χ4n) is 3.51. The van der Waals surface area contributed by atoms with E-state index in [0.29, 0.717) is 12.2 Å². The molecule has 0 aliphatic rings. The van der Waals surface area contributed by atoms with Crippen molar-refractivity contribution in [2.45, 2.75) is 19.9 Å². The van der Waals surface area contributed by atoms with Crippen molar-refractivity contribution >= 4 is 34.0 Å². The van der Waals surface area contributed by atoms with E-state index in [9.17, 15) is 14.0 Å². The van der Waals surface area contributed by atoms with Crippen LogP contribution in [0.25, 0.3) is 10.8 Å². The molecule has 0 radical (unpaired) electrons. The van der Waals surface area contributed by atoms with Crippen molar-refractivity contribution in [1.82, 2.24) is 0 Å². The van der Waals surface area contributed by atoms with Gasteiger partial charge in [-0.25, -0.2) is 4.39 Å². The highest BCUT2D eigenvalue weighted by Gasteiger charge is 2.29. The van der Waals surface area contributed by atoms with E-state index in [1.165, 1.54) is 18.2 Å². The molecule has 0 bridgehead atoms. The van der Waals surface area contributed by atoms with Crippen LogP contribution >= 0.6 is 0 Å². The van der Waals surface area contributed by atoms with Gasteiger partial charge in [-0.2, -0.15) is 0 Å². The van der Waals surface area contributed by atoms with Crippen molar-refractivity contribution in [3.8, 4) is 0 Å². The Morgan fingerprint density at radius 3 is 2.50 bits per heavy atom. The van der Waals surface area contributed by atoms with Crippen LogP contribution in [0.5, 0.6) is 0 Å². The molecule has 5 nitrogen and oxygen atoms in total. The average Bonchev–Trinajstić information content (AvgIpc) is 2.73. The van der Waals surface area contributed by atoms with Crippen LogP contribution < -0.4 is 15.1 Å². The smallest absolute Gasteiger partial charge is 0.284 e. The van der Waals surface area contributed by atoms with Gasteiger partial charge in [-0.3, -0.25) is 9.59 Å². The predicted molar refractivity (Wildman–Crippen MR) is 118 cm³/mol. The summed E-state index contributed by atoms with van der Waals surface area (Å²) >= 11 is 0. The highest BCUT2D eigenvalue weighted by atomic mass is 19.1. The maximum absolute atomic E-state index is 13.3. The van der Waals surface area contributed by atoms with Crippen molar-refractivity contribution in [3.05, 3.63) is 72.5 Å². The molecule has 3 aromatic rings. The Balaban J connectivity index is 1.71. The summed E-state index contributed by atoms with van der Waals surface area (Å²) in [5.74, 6) is -0.735. The molecule has 0 aromatic heterocycles. The van der Waals surface area contributed by atoms with E-state index in [1.807, 2.05) is 63.4 Å². The number of hydrogen-bond donors (Lipinski definition) is 2. The molecule has 0 saturated carbocycles. The molecule has 0 saturated heterocycles. The number of carbonyl (C=O) groups is 2. The summed E-state index contributed by atoms with van der Waals surface area (Å²) in [7, 11) is 1.81. The molecular weight excluding hydrogens is 381 g/mol. The molecule has 0 aliphatic heterocycles. The second-order valence-corrected chi connectivity index (χ2v) is 7.38. The van der Waals surface area contributed by atoms with Gasteiger partial charge in [0, 0.05) is 17.6 Å². The minimum atomic E-state index is -0.429. The molecule has 2 amide bonds. The third kappa shape index (κ3) is 4.83. The van der Waals surface area contributed by atoms with Crippen LogP contribution in [0.15, 0.2) is 66.7 Å². The van der Waals surface area contributed by atoms with E-state index in [2.05, 4.69) is 5.32 Å². The molecular formula is C24H27FN3O2+. The van der Waals surface area contributed by atoms with Crippen molar-refractivity contribution in [1.29, 1.82) is 0 Å². The fourth-order valence-corrected chi connectivity index (χ4v) is 3.51. The number of amides is 2. The van der Waals surface area contributed by atoms with Gasteiger partial charge in [-0.1, -0.05) is 42.5 Å². The molecule has 3 aromatic carbocycles. The van der Waals surface area contributed by atoms with Crippen LogP contribution in [-0.2, 0) is 9.59 Å². The monoisotopic (exact) mass is 408 g/mol. The Bertz CT molecular complexity index is 1050. The standard InChI is InChI=1S/C24H26FN3O2/c1-4-28(22-14-7-10-18-9-5-6-13-21(18)22)24(30)17(2)27(3)16-23(29)26-20-12-8-11-19(25)15-20/h5-15,17H,4,16H2,1-3H3,(H,26,29)/p+1/t17-/m0/s1. The van der Waals surface area contributed by atoms with Gasteiger partial charge in [0.05, 0.1) is 12.7 Å². The first-order chi connectivity index (χ1) is 14.4. The van der Waals surface area contributed by atoms with Crippen LogP contribution in [0.4, 0.5) is 15.8 Å². The van der Waals surface area contributed by atoms with E-state index in [0.717, 1.165) is 21.4 Å². The number of fused-ring (bicyclic) bond motifs is 1. The average molecular weight is 408 g/mol. The van der Waals surface area contributed by atoms with Gasteiger partial charge < -0.3 is 15.1 Å². The highest BCUT2D eigenvalue weighted by molar-refractivity contribution is 6.05. The van der Waals surface area contributed by atoms with E-state index >= 15 is 0 Å². The molecule has 6 heteroatoms. The maximum Gasteiger partial charge on any atom is 0.284 e. The number of nitrogens with zero attached hydrogens (tertiary/aromatic N) is 1. The molecule has 0 heterocycles. The molecule has 30 heavy (non-hydrogen) atoms. The molecule has 156 valence electrons. The fraction of sp³-hybridized carbons (Fsp3) is 0.250. The summed E-state index contributed by atoms with van der Waals surface area (Å²) in [4.78, 5) is 28.2. The van der Waals surface area contributed by atoms with Crippen LogP contribution in [0.2, 0.25) is 0 Å². The van der Waals surface area contributed by atoms with E-state index in [1.54, 1.807) is 11.0 Å². The predicted octanol–water partition coefficient (Wildman–Crippen LogP) is 2.87. The number of hydrogen-bond acceptors (Lipinski definition) is 2. The second kappa shape index (κ2) is 9.50. The van der Waals surface area contributed by atoms with Crippen molar-refractivity contribution in [2.24, 2.45) is 0 Å². The third-order valence-corrected chi connectivity index (χ3v) is 5.30. The number of carbonyl (C=O) groups excluding carboxylic acids is 2. The van der Waals surface area contributed by atoms with Crippen LogP contribution in [-0.4, -0.2) is 38.0 Å². The normalized spacial score (nSPS) is 12.9. The lowest BCUT2D eigenvalue weighted by molar-refractivity contribution is -0.885. The number of nitrogens with one attached hydrogen (secondary N) is 2. The van der Waals surface area contributed by atoms with E-state index in [4.69, 9.17) is 0 Å². The first kappa shape index (κ1) is 21.5. The van der Waals surface area contributed by atoms with E-state index < -0.39 is 11.9 Å². The first-order valence-corrected chi connectivity index (χ1v) is 10.1. The lowest BCUT2D eigenvalue weighted by Gasteiger charge is -2.28. The van der Waals surface area contributed by atoms with E-state index in [-0.39, 0.29) is 18.4 Å². The Hall–Kier alpha value is -3.25. The summed E-state index contributed by atoms with van der Waals surface area (Å²) < 4.78 is 13.3. The van der Waals surface area contributed by atoms with Crippen LogP contribution in [0.1, 0.15) is 13.8 Å². The number of quaternary nitrogens is 1. The number of likely N-dealkylation sites (N-methyl/N-ethyl adjacent to an activating group) is 2. The Kier molecular flexibility index (Phi) is 6.79. The summed E-state index contributed by atoms with van der Waals surface area (Å²) in [6.07, 6.45) is 0. The molecule has 3 rings (SSSR count). The zero-order chi connectivity index (χ0) is 21.7. The summed E-state index contributed by atoms with van der Waals surface area (Å²) in [5, 5.41) is 4.77. The highest BCUT2D eigenvalue weighted by Crippen LogP contribution is 2.27. The van der Waals surface area contributed by atoms with Gasteiger partial charge in [0.25, 0.3) is 11.8 Å². The molecule has 2 N–H and O–H groups in total. The summed E-state index contributed by atoms with van der Waals surface area (Å²) in [6, 6.07) is 19.2. The zero-order valence-electron chi connectivity index (χ0n) is 17.5. The van der Waals surface area contributed by atoms with Gasteiger partial charge in [0.15, 0.2) is 12.6 Å². The first-order valence-electron chi connectivity index (χ1n) is 10.1. The SMILES string of the molecule is CCN(C(=O)[C@H](C)[NH+](C)CC(=O)Nc1cccc(F)c1)c1cccc2ccccc12. The minimum Gasteiger partial charge on any atom is -0.321 e. The van der Waals surface area contributed by atoms with Crippen LogP contribution in [0.3, 0.4) is 0 Å². The van der Waals surface area contributed by atoms with Gasteiger partial charge in [0.2, 0.25) is 0 Å². The molecule has 0 fully saturated rings. The number of benzene rings is 3. The number of anilines is 2. The number of halogens is 1. The van der Waals surface area contributed by atoms with Crippen molar-refractivity contribution in [3.63, 3.8) is 0 Å². The molecule has 2 atom stereocenters. The Morgan fingerprint density at radius 2 is 1.77 bits per heavy atom. The largest absolute Gasteiger partial charge is 0.321 e. The molecule has 1 unspecified atom stereocenters. The van der Waals surface area contributed by atoms with Gasteiger partial charge in [-0.05, 0) is 43.5 Å². The maximum atomic E-state index is 13.3. The Morgan fingerprint density at radius 1 is 1.07 bits per heavy atom. The Labute approximate surface area is 176 Å². The molecule has 0 spiro atoms. The third-order valence-electron chi connectivity index (χ3n) is 5.30. The molecule has 0 aliphatic carbocycles. The van der Waals surface area contributed by atoms with Gasteiger partial charge >= 0.3 is 0 Å². The topological polar surface area (TPSA) is 53.9 Å². The van der Waals surface area contributed by atoms with Gasteiger partial charge in [0.1, 0.15) is 5.82 Å². The van der Waals surface area contributed by atoms with Crippen molar-refractivity contribution < 1.29 is 18.9 Å². The van der Waals surface area contributed by atoms with Gasteiger partial charge in [-0.15, -0.1) is 0 Å². The quantitative estimate of drug-likeness (QED) is 0.632. The van der Waals surface area contributed by atoms with Crippen LogP contribution in [0, 0.1) is 5.82 Å². The lowest BCUT2D eigenvalue weighted by atomic mass is 10.1. The minimum absolute atomic E-state index is 0.0510. The summed E-state index contributed by atoms with van der Waals surface area (Å²) in [6.45, 7) is 4.38.